The van der Waals surface area contributed by atoms with Crippen molar-refractivity contribution in [2.24, 2.45) is 0 Å². The fourth-order valence-corrected chi connectivity index (χ4v) is 2.79. The van der Waals surface area contributed by atoms with Gasteiger partial charge in [-0.1, -0.05) is 55.0 Å². The normalized spacial score (nSPS) is 13.4. The average Bonchev–Trinajstić information content (AvgIpc) is 2.66. The number of aryl methyl sites for hydroxylation is 2. The summed E-state index contributed by atoms with van der Waals surface area (Å²) in [5.74, 6) is 0.637. The van der Waals surface area contributed by atoms with Crippen LogP contribution in [0, 0.1) is 6.92 Å². The van der Waals surface area contributed by atoms with Gasteiger partial charge in [0, 0.05) is 12.1 Å². The first-order chi connectivity index (χ1) is 12.6. The molecule has 26 heavy (non-hydrogen) atoms. The second-order valence-electron chi connectivity index (χ2n) is 6.75. The van der Waals surface area contributed by atoms with Crippen LogP contribution in [0.15, 0.2) is 48.5 Å². The monoisotopic (exact) mass is 357 g/mol. The van der Waals surface area contributed by atoms with Crippen LogP contribution in [0.5, 0.6) is 5.75 Å². The zero-order valence-electron chi connectivity index (χ0n) is 15.8. The number of nitrogens with one attached hydrogen (secondary N) is 1. The maximum absolute atomic E-state index is 10.6. The van der Waals surface area contributed by atoms with Crippen molar-refractivity contribution in [3.05, 3.63) is 65.2 Å². The van der Waals surface area contributed by atoms with E-state index in [9.17, 15) is 10.2 Å². The fraction of sp³-hybridized carbons (Fsp3) is 0.455. The van der Waals surface area contributed by atoms with Crippen molar-refractivity contribution in [2.75, 3.05) is 19.7 Å². The molecule has 4 heteroatoms. The summed E-state index contributed by atoms with van der Waals surface area (Å²) in [6.45, 7) is 5.75. The van der Waals surface area contributed by atoms with E-state index in [4.69, 9.17) is 4.74 Å². The number of ether oxygens (including phenoxy) is 1. The van der Waals surface area contributed by atoms with E-state index in [2.05, 4.69) is 43.4 Å². The topological polar surface area (TPSA) is 61.7 Å². The molecule has 0 aliphatic rings. The third-order valence-electron chi connectivity index (χ3n) is 4.34. The number of aliphatic hydroxyl groups excluding tert-OH is 2. The van der Waals surface area contributed by atoms with E-state index in [-0.39, 0.29) is 6.61 Å². The summed E-state index contributed by atoms with van der Waals surface area (Å²) >= 11 is 0. The summed E-state index contributed by atoms with van der Waals surface area (Å²) < 4.78 is 5.77. The fourth-order valence-electron chi connectivity index (χ4n) is 2.79. The Labute approximate surface area is 156 Å². The van der Waals surface area contributed by atoms with Gasteiger partial charge in [-0.05, 0) is 44.4 Å². The van der Waals surface area contributed by atoms with Gasteiger partial charge in [-0.25, -0.2) is 0 Å². The van der Waals surface area contributed by atoms with Crippen LogP contribution in [0.4, 0.5) is 0 Å². The molecule has 4 nitrogen and oxygen atoms in total. The summed E-state index contributed by atoms with van der Waals surface area (Å²) in [6.07, 6.45) is 1.30. The summed E-state index contributed by atoms with van der Waals surface area (Å²) in [5, 5.41) is 23.8. The van der Waals surface area contributed by atoms with E-state index in [1.165, 1.54) is 11.1 Å². The van der Waals surface area contributed by atoms with Gasteiger partial charge in [0.1, 0.15) is 18.5 Å². The van der Waals surface area contributed by atoms with Crippen LogP contribution in [0.2, 0.25) is 0 Å². The summed E-state index contributed by atoms with van der Waals surface area (Å²) in [6, 6.07) is 15.9. The van der Waals surface area contributed by atoms with Crippen molar-refractivity contribution in [1.82, 2.24) is 5.32 Å². The van der Waals surface area contributed by atoms with Gasteiger partial charge in [0.05, 0.1) is 6.10 Å². The number of benzene rings is 2. The quantitative estimate of drug-likeness (QED) is 0.540. The Morgan fingerprint density at radius 1 is 1.04 bits per heavy atom. The molecule has 0 spiro atoms. The molecule has 2 aromatic carbocycles. The van der Waals surface area contributed by atoms with Crippen LogP contribution >= 0.6 is 0 Å². The molecule has 0 saturated carbocycles. The van der Waals surface area contributed by atoms with Gasteiger partial charge < -0.3 is 20.3 Å². The van der Waals surface area contributed by atoms with Gasteiger partial charge in [0.15, 0.2) is 0 Å². The predicted octanol–water partition coefficient (Wildman–Crippen LogP) is 3.40. The molecule has 2 rings (SSSR count). The van der Waals surface area contributed by atoms with Gasteiger partial charge in [0.25, 0.3) is 0 Å². The summed E-state index contributed by atoms with van der Waals surface area (Å²) in [5.41, 5.74) is 3.22. The van der Waals surface area contributed by atoms with E-state index in [0.29, 0.717) is 18.7 Å². The number of para-hydroxylation sites is 1. The zero-order valence-corrected chi connectivity index (χ0v) is 15.8. The molecule has 0 aliphatic carbocycles. The van der Waals surface area contributed by atoms with Gasteiger partial charge in [-0.15, -0.1) is 0 Å². The maximum atomic E-state index is 10.6. The van der Waals surface area contributed by atoms with Gasteiger partial charge in [-0.2, -0.15) is 0 Å². The Hall–Kier alpha value is -1.88. The van der Waals surface area contributed by atoms with Crippen molar-refractivity contribution in [3.63, 3.8) is 0 Å². The molecule has 0 fully saturated rings. The zero-order chi connectivity index (χ0) is 18.8. The highest BCUT2D eigenvalue weighted by Crippen LogP contribution is 2.28. The number of aliphatic hydroxyl groups is 2. The SMILES string of the molecule is CCCNCC(O)COc1ccccc1C(O)CCc1ccc(C)cc1. The Morgan fingerprint density at radius 3 is 2.50 bits per heavy atom. The smallest absolute Gasteiger partial charge is 0.125 e. The highest BCUT2D eigenvalue weighted by atomic mass is 16.5. The van der Waals surface area contributed by atoms with Crippen LogP contribution in [0.1, 0.15) is 42.6 Å². The predicted molar refractivity (Wildman–Crippen MR) is 106 cm³/mol. The van der Waals surface area contributed by atoms with Gasteiger partial charge >= 0.3 is 0 Å². The Kier molecular flexibility index (Phi) is 8.62. The highest BCUT2D eigenvalue weighted by molar-refractivity contribution is 5.35. The molecule has 2 aromatic rings. The van der Waals surface area contributed by atoms with E-state index >= 15 is 0 Å². The first kappa shape index (κ1) is 20.4. The maximum Gasteiger partial charge on any atom is 0.125 e. The molecular weight excluding hydrogens is 326 g/mol. The molecule has 2 unspecified atom stereocenters. The van der Waals surface area contributed by atoms with E-state index in [0.717, 1.165) is 24.9 Å². The van der Waals surface area contributed by atoms with Crippen LogP contribution < -0.4 is 10.1 Å². The molecule has 142 valence electrons. The Morgan fingerprint density at radius 2 is 1.77 bits per heavy atom. The molecule has 0 saturated heterocycles. The highest BCUT2D eigenvalue weighted by Gasteiger charge is 2.14. The van der Waals surface area contributed by atoms with Crippen molar-refractivity contribution < 1.29 is 14.9 Å². The standard InChI is InChI=1S/C22H31NO3/c1-3-14-23-15-19(24)16-26-22-7-5-4-6-20(22)21(25)13-12-18-10-8-17(2)9-11-18/h4-11,19,21,23-25H,3,12-16H2,1-2H3. The molecule has 0 bridgehead atoms. The second-order valence-corrected chi connectivity index (χ2v) is 6.75. The molecule has 0 aromatic heterocycles. The minimum atomic E-state index is -0.595. The number of rotatable bonds is 11. The number of hydrogen-bond donors (Lipinski definition) is 3. The summed E-state index contributed by atoms with van der Waals surface area (Å²) in [7, 11) is 0. The molecular formula is C22H31NO3. The van der Waals surface area contributed by atoms with Crippen molar-refractivity contribution in [2.45, 2.75) is 45.3 Å². The average molecular weight is 357 g/mol. The van der Waals surface area contributed by atoms with E-state index < -0.39 is 12.2 Å². The largest absolute Gasteiger partial charge is 0.490 e. The molecule has 0 aliphatic heterocycles. The molecule has 2 atom stereocenters. The minimum absolute atomic E-state index is 0.207. The lowest BCUT2D eigenvalue weighted by Crippen LogP contribution is -2.32. The second kappa shape index (κ2) is 11.0. The lowest BCUT2D eigenvalue weighted by molar-refractivity contribution is 0.102. The van der Waals surface area contributed by atoms with Crippen molar-refractivity contribution in [1.29, 1.82) is 0 Å². The lowest BCUT2D eigenvalue weighted by Gasteiger charge is -2.18. The third kappa shape index (κ3) is 6.79. The first-order valence-corrected chi connectivity index (χ1v) is 9.44. The lowest BCUT2D eigenvalue weighted by atomic mass is 10.00. The van der Waals surface area contributed by atoms with Crippen LogP contribution in [0.3, 0.4) is 0 Å². The van der Waals surface area contributed by atoms with E-state index in [1.807, 2.05) is 24.3 Å². The minimum Gasteiger partial charge on any atom is -0.490 e. The van der Waals surface area contributed by atoms with Crippen molar-refractivity contribution >= 4 is 0 Å². The van der Waals surface area contributed by atoms with Gasteiger partial charge in [-0.3, -0.25) is 0 Å². The molecule has 0 heterocycles. The van der Waals surface area contributed by atoms with Crippen LogP contribution in [-0.4, -0.2) is 36.0 Å². The van der Waals surface area contributed by atoms with E-state index in [1.54, 1.807) is 0 Å². The summed E-state index contributed by atoms with van der Waals surface area (Å²) in [4.78, 5) is 0. The first-order valence-electron chi connectivity index (χ1n) is 9.44. The molecule has 0 amide bonds. The van der Waals surface area contributed by atoms with Crippen LogP contribution in [0.25, 0.3) is 0 Å². The number of hydrogen-bond acceptors (Lipinski definition) is 4. The Balaban J connectivity index is 1.89. The van der Waals surface area contributed by atoms with Crippen molar-refractivity contribution in [3.8, 4) is 5.75 Å². The van der Waals surface area contributed by atoms with Crippen LogP contribution in [-0.2, 0) is 6.42 Å². The van der Waals surface area contributed by atoms with Gasteiger partial charge in [0.2, 0.25) is 0 Å². The Bertz CT molecular complexity index is 642. The molecule has 0 radical (unpaired) electrons. The third-order valence-corrected chi connectivity index (χ3v) is 4.34. The molecule has 3 N–H and O–H groups in total.